The van der Waals surface area contributed by atoms with Crippen LogP contribution in [0.5, 0.6) is 11.5 Å². The molecule has 2 aromatic rings. The van der Waals surface area contributed by atoms with Crippen LogP contribution in [0, 0.1) is 13.8 Å². The third-order valence-electron chi connectivity index (χ3n) is 3.96. The van der Waals surface area contributed by atoms with Gasteiger partial charge in [-0.2, -0.15) is 25.3 Å². The second-order valence-electron chi connectivity index (χ2n) is 5.59. The van der Waals surface area contributed by atoms with Crippen molar-refractivity contribution in [3.8, 4) is 11.5 Å². The van der Waals surface area contributed by atoms with Gasteiger partial charge in [0.15, 0.2) is 0 Å². The molecule has 2 aromatic heterocycles. The molecule has 0 aliphatic carbocycles. The number of aryl methyl sites for hydroxylation is 2. The summed E-state index contributed by atoms with van der Waals surface area (Å²) in [6, 6.07) is 0. The van der Waals surface area contributed by atoms with E-state index < -0.39 is 10.7 Å². The van der Waals surface area contributed by atoms with Gasteiger partial charge in [0.25, 0.3) is 0 Å². The van der Waals surface area contributed by atoms with Crippen molar-refractivity contribution in [3.05, 3.63) is 46.0 Å². The van der Waals surface area contributed by atoms with Gasteiger partial charge in [-0.05, 0) is 19.4 Å². The van der Waals surface area contributed by atoms with Crippen molar-refractivity contribution in [2.24, 2.45) is 0 Å². The molecule has 0 amide bonds. The fourth-order valence-electron chi connectivity index (χ4n) is 2.53. The zero-order chi connectivity index (χ0) is 18.1. The Morgan fingerprint density at radius 3 is 1.96 bits per heavy atom. The maximum atomic E-state index is 10.1. The van der Waals surface area contributed by atoms with Crippen LogP contribution in [0.3, 0.4) is 0 Å². The van der Waals surface area contributed by atoms with Gasteiger partial charge in [0.2, 0.25) is 0 Å². The molecule has 0 aromatic carbocycles. The Labute approximate surface area is 151 Å². The Morgan fingerprint density at radius 1 is 0.917 bits per heavy atom. The number of aromatic hydroxyl groups is 2. The van der Waals surface area contributed by atoms with Crippen molar-refractivity contribution < 1.29 is 20.4 Å². The second kappa shape index (κ2) is 7.18. The predicted octanol–water partition coefficient (Wildman–Crippen LogP) is 1.74. The Hall–Kier alpha value is -1.48. The van der Waals surface area contributed by atoms with Crippen LogP contribution in [-0.2, 0) is 23.7 Å². The van der Waals surface area contributed by atoms with Crippen molar-refractivity contribution in [2.45, 2.75) is 37.6 Å². The van der Waals surface area contributed by atoms with E-state index in [4.69, 9.17) is 0 Å². The van der Waals surface area contributed by atoms with E-state index >= 15 is 0 Å². The minimum absolute atomic E-state index is 0.0697. The number of aliphatic hydroxyl groups is 2. The first kappa shape index (κ1) is 18.9. The number of rotatable bonds is 5. The zero-order valence-electron chi connectivity index (χ0n) is 13.4. The first-order chi connectivity index (χ1) is 11.2. The third-order valence-corrected chi connectivity index (χ3v) is 4.75. The van der Waals surface area contributed by atoms with Gasteiger partial charge in [0.1, 0.15) is 11.5 Å². The highest BCUT2D eigenvalue weighted by atomic mass is 32.2. The second-order valence-corrected chi connectivity index (χ2v) is 7.47. The van der Waals surface area contributed by atoms with Crippen LogP contribution in [0.1, 0.15) is 33.6 Å². The van der Waals surface area contributed by atoms with Crippen molar-refractivity contribution in [1.82, 2.24) is 9.97 Å². The number of thiol groups is 2. The molecule has 24 heavy (non-hydrogen) atoms. The molecule has 2 rings (SSSR count). The molecule has 0 aliphatic heterocycles. The maximum Gasteiger partial charge on any atom is 0.142 e. The molecule has 4 N–H and O–H groups in total. The first-order valence-electron chi connectivity index (χ1n) is 7.23. The Kier molecular flexibility index (Phi) is 5.64. The van der Waals surface area contributed by atoms with Crippen molar-refractivity contribution >= 4 is 25.3 Å². The van der Waals surface area contributed by atoms with Gasteiger partial charge < -0.3 is 20.4 Å². The highest BCUT2D eigenvalue weighted by Crippen LogP contribution is 2.42. The number of pyridine rings is 2. The molecule has 6 nitrogen and oxygen atoms in total. The van der Waals surface area contributed by atoms with Crippen LogP contribution in [-0.4, -0.2) is 30.4 Å². The summed E-state index contributed by atoms with van der Waals surface area (Å²) in [7, 11) is 0. The van der Waals surface area contributed by atoms with E-state index in [9.17, 15) is 20.4 Å². The lowest BCUT2D eigenvalue weighted by molar-refractivity contribution is 0.271. The fraction of sp³-hybridized carbons (Fsp3) is 0.375. The normalized spacial score (nSPS) is 11.8. The summed E-state index contributed by atoms with van der Waals surface area (Å²) < 4.78 is -1.11. The topological polar surface area (TPSA) is 107 Å². The molecule has 0 saturated heterocycles. The minimum atomic E-state index is -1.11. The maximum absolute atomic E-state index is 10.1. The molecule has 0 radical (unpaired) electrons. The molecule has 0 spiro atoms. The SMILES string of the molecule is Cc1ncc(CC(S)(S)c2cnc(C)c(O)c2CO)c(CO)c1O. The third kappa shape index (κ3) is 3.46. The summed E-state index contributed by atoms with van der Waals surface area (Å²) in [6.45, 7) is 2.52. The van der Waals surface area contributed by atoms with Gasteiger partial charge in [-0.15, -0.1) is 0 Å². The number of hydrogen-bond acceptors (Lipinski definition) is 8. The fourth-order valence-corrected chi connectivity index (χ4v) is 3.25. The number of nitrogens with zero attached hydrogens (tertiary/aromatic N) is 2. The Bertz CT molecular complexity index is 766. The molecule has 2 heterocycles. The standard InChI is InChI=1S/C16H20N2O4S2/c1-8-14(21)11(6-19)10(4-17-8)3-16(23,24)13-5-18-9(2)15(22)12(13)7-20/h4-5,19-24H,3,6-7H2,1-2H3. The van der Waals surface area contributed by atoms with Crippen LogP contribution in [0.4, 0.5) is 0 Å². The Balaban J connectivity index is 2.50. The average molecular weight is 368 g/mol. The molecule has 8 heteroatoms. The van der Waals surface area contributed by atoms with E-state index in [1.807, 2.05) is 0 Å². The predicted molar refractivity (Wildman–Crippen MR) is 96.5 cm³/mol. The highest BCUT2D eigenvalue weighted by Gasteiger charge is 2.30. The molecular formula is C16H20N2O4S2. The number of aliphatic hydroxyl groups excluding tert-OH is 2. The smallest absolute Gasteiger partial charge is 0.142 e. The van der Waals surface area contributed by atoms with Crippen molar-refractivity contribution in [2.75, 3.05) is 0 Å². The van der Waals surface area contributed by atoms with Crippen molar-refractivity contribution in [3.63, 3.8) is 0 Å². The van der Waals surface area contributed by atoms with Crippen LogP contribution in [0.15, 0.2) is 12.4 Å². The summed E-state index contributed by atoms with van der Waals surface area (Å²) in [5, 5.41) is 39.3. The molecule has 0 unspecified atom stereocenters. The van der Waals surface area contributed by atoms with Gasteiger partial charge in [-0.1, -0.05) is 0 Å². The van der Waals surface area contributed by atoms with Gasteiger partial charge in [0, 0.05) is 35.5 Å². The minimum Gasteiger partial charge on any atom is -0.506 e. The largest absolute Gasteiger partial charge is 0.506 e. The van der Waals surface area contributed by atoms with Gasteiger partial charge in [-0.3, -0.25) is 9.97 Å². The van der Waals surface area contributed by atoms with E-state index in [1.54, 1.807) is 20.0 Å². The van der Waals surface area contributed by atoms with E-state index in [0.29, 0.717) is 33.6 Å². The van der Waals surface area contributed by atoms with E-state index in [2.05, 4.69) is 35.2 Å². The zero-order valence-corrected chi connectivity index (χ0v) is 15.1. The molecule has 0 atom stereocenters. The summed E-state index contributed by atoms with van der Waals surface area (Å²) >= 11 is 9.10. The lowest BCUT2D eigenvalue weighted by Crippen LogP contribution is -2.19. The van der Waals surface area contributed by atoms with Crippen LogP contribution >= 0.6 is 25.3 Å². The van der Waals surface area contributed by atoms with E-state index in [0.717, 1.165) is 0 Å². The first-order valence-corrected chi connectivity index (χ1v) is 8.13. The van der Waals surface area contributed by atoms with Gasteiger partial charge in [-0.25, -0.2) is 0 Å². The molecule has 0 bridgehead atoms. The van der Waals surface area contributed by atoms with E-state index in [-0.39, 0.29) is 24.5 Å². The highest BCUT2D eigenvalue weighted by molar-refractivity contribution is 7.99. The van der Waals surface area contributed by atoms with Crippen LogP contribution < -0.4 is 0 Å². The molecular weight excluding hydrogens is 348 g/mol. The molecule has 0 aliphatic rings. The van der Waals surface area contributed by atoms with Gasteiger partial charge >= 0.3 is 0 Å². The molecule has 0 saturated carbocycles. The lowest BCUT2D eigenvalue weighted by atomic mass is 9.97. The summed E-state index contributed by atoms with van der Waals surface area (Å²) in [5.41, 5.74) is 2.47. The quantitative estimate of drug-likeness (QED) is 0.355. The number of hydrogen-bond donors (Lipinski definition) is 6. The summed E-state index contributed by atoms with van der Waals surface area (Å²) in [6.07, 6.45) is 3.23. The van der Waals surface area contributed by atoms with Gasteiger partial charge in [0.05, 0.1) is 28.7 Å². The van der Waals surface area contributed by atoms with Crippen LogP contribution in [0.25, 0.3) is 0 Å². The molecule has 0 fully saturated rings. The van der Waals surface area contributed by atoms with Crippen molar-refractivity contribution in [1.29, 1.82) is 0 Å². The van der Waals surface area contributed by atoms with Crippen LogP contribution in [0.2, 0.25) is 0 Å². The summed E-state index contributed by atoms with van der Waals surface area (Å²) in [5.74, 6) is -0.172. The lowest BCUT2D eigenvalue weighted by Gasteiger charge is -2.27. The molecule has 130 valence electrons. The summed E-state index contributed by atoms with van der Waals surface area (Å²) in [4.78, 5) is 8.19. The average Bonchev–Trinajstić information content (AvgIpc) is 2.53. The Morgan fingerprint density at radius 2 is 1.42 bits per heavy atom. The monoisotopic (exact) mass is 368 g/mol. The van der Waals surface area contributed by atoms with E-state index in [1.165, 1.54) is 6.20 Å². The number of aromatic nitrogens is 2.